The lowest BCUT2D eigenvalue weighted by Crippen LogP contribution is -2.22. The van der Waals surface area contributed by atoms with Gasteiger partial charge in [-0.3, -0.25) is 9.59 Å². The summed E-state index contributed by atoms with van der Waals surface area (Å²) in [7, 11) is 0. The molecule has 0 unspecified atom stereocenters. The second-order valence-corrected chi connectivity index (χ2v) is 12.7. The van der Waals surface area contributed by atoms with Crippen LogP contribution in [0.4, 0.5) is 0 Å². The molecule has 0 aliphatic heterocycles. The highest BCUT2D eigenvalue weighted by Gasteiger charge is 2.12. The number of esters is 2. The summed E-state index contributed by atoms with van der Waals surface area (Å²) in [6, 6.07) is 0. The van der Waals surface area contributed by atoms with Crippen molar-refractivity contribution in [3.63, 3.8) is 0 Å². The zero-order valence-electron chi connectivity index (χ0n) is 29.0. The molecule has 0 aromatic carbocycles. The number of carbonyl (C=O) groups excluding carboxylic acids is 2. The van der Waals surface area contributed by atoms with Gasteiger partial charge in [-0.15, -0.1) is 0 Å². The SMILES string of the molecule is CCCCCCCC/C=C/CCCCCCCC(=O)OC[C@H](C)OC(=O)CCCCCCC/C=C/CCCCCCCC. The molecule has 0 rings (SSSR count). The highest BCUT2D eigenvalue weighted by molar-refractivity contribution is 5.70. The van der Waals surface area contributed by atoms with E-state index < -0.39 is 0 Å². The Kier molecular flexibility index (Phi) is 33.6. The maximum atomic E-state index is 12.1. The highest BCUT2D eigenvalue weighted by atomic mass is 16.6. The second kappa shape index (κ2) is 34.9. The Bertz CT molecular complexity index is 654. The van der Waals surface area contributed by atoms with E-state index >= 15 is 0 Å². The smallest absolute Gasteiger partial charge is 0.306 e. The van der Waals surface area contributed by atoms with Gasteiger partial charge in [0.05, 0.1) is 0 Å². The van der Waals surface area contributed by atoms with Crippen LogP contribution in [0.25, 0.3) is 0 Å². The molecule has 0 aliphatic carbocycles. The van der Waals surface area contributed by atoms with Crippen LogP contribution < -0.4 is 0 Å². The summed E-state index contributed by atoms with van der Waals surface area (Å²) in [6.07, 6.45) is 42.2. The lowest BCUT2D eigenvalue weighted by molar-refractivity contribution is -0.158. The van der Waals surface area contributed by atoms with Gasteiger partial charge in [0.25, 0.3) is 0 Å². The zero-order valence-corrected chi connectivity index (χ0v) is 29.0. The van der Waals surface area contributed by atoms with Crippen LogP contribution in [0.5, 0.6) is 0 Å². The van der Waals surface area contributed by atoms with Gasteiger partial charge in [-0.1, -0.05) is 141 Å². The summed E-state index contributed by atoms with van der Waals surface area (Å²) in [5.41, 5.74) is 0. The van der Waals surface area contributed by atoms with E-state index in [0.29, 0.717) is 12.8 Å². The summed E-state index contributed by atoms with van der Waals surface area (Å²) >= 11 is 0. The molecule has 0 aromatic heterocycles. The average molecular weight is 605 g/mol. The molecule has 0 N–H and O–H groups in total. The van der Waals surface area contributed by atoms with E-state index in [1.807, 2.05) is 0 Å². The fourth-order valence-electron chi connectivity index (χ4n) is 5.28. The molecule has 1 atom stereocenters. The molecule has 0 aliphatic rings. The van der Waals surface area contributed by atoms with Gasteiger partial charge in [0.15, 0.2) is 0 Å². The Morgan fingerprint density at radius 1 is 0.465 bits per heavy atom. The molecule has 0 spiro atoms. The van der Waals surface area contributed by atoms with Crippen molar-refractivity contribution in [1.82, 2.24) is 0 Å². The van der Waals surface area contributed by atoms with Crippen LogP contribution in [-0.4, -0.2) is 24.6 Å². The standard InChI is InChI=1S/C39H72O4/c1-4-6-8-10-12-14-16-18-20-22-24-26-28-30-32-34-38(40)42-36-37(3)43-39(41)35-33-31-29-27-25-23-21-19-17-15-13-11-9-7-5-2/h18-21,37H,4-17,22-36H2,1-3H3/b20-18+,21-19+/t37-/m0/s1. The third-order valence-electron chi connectivity index (χ3n) is 8.10. The number of hydrogen-bond acceptors (Lipinski definition) is 4. The number of hydrogen-bond donors (Lipinski definition) is 0. The van der Waals surface area contributed by atoms with Crippen LogP contribution >= 0.6 is 0 Å². The molecule has 0 saturated carbocycles. The van der Waals surface area contributed by atoms with Gasteiger partial charge < -0.3 is 9.47 Å². The van der Waals surface area contributed by atoms with Gasteiger partial charge in [-0.05, 0) is 71.1 Å². The van der Waals surface area contributed by atoms with Crippen LogP contribution in [0.3, 0.4) is 0 Å². The van der Waals surface area contributed by atoms with E-state index in [1.54, 1.807) is 6.92 Å². The molecular weight excluding hydrogens is 532 g/mol. The van der Waals surface area contributed by atoms with Crippen molar-refractivity contribution in [3.8, 4) is 0 Å². The average Bonchev–Trinajstić information content (AvgIpc) is 3.00. The maximum Gasteiger partial charge on any atom is 0.306 e. The lowest BCUT2D eigenvalue weighted by atomic mass is 10.1. The minimum Gasteiger partial charge on any atom is -0.462 e. The summed E-state index contributed by atoms with van der Waals surface area (Å²) in [6.45, 7) is 6.48. The first-order chi connectivity index (χ1) is 21.1. The molecule has 0 fully saturated rings. The first-order valence-electron chi connectivity index (χ1n) is 18.7. The number of ether oxygens (including phenoxy) is 2. The van der Waals surface area contributed by atoms with Crippen molar-refractivity contribution in [3.05, 3.63) is 24.3 Å². The molecule has 0 amide bonds. The number of carbonyl (C=O) groups is 2. The monoisotopic (exact) mass is 605 g/mol. The molecule has 4 nitrogen and oxygen atoms in total. The molecule has 0 radical (unpaired) electrons. The topological polar surface area (TPSA) is 52.6 Å². The van der Waals surface area contributed by atoms with Crippen molar-refractivity contribution < 1.29 is 19.1 Å². The van der Waals surface area contributed by atoms with Gasteiger partial charge in [0.2, 0.25) is 0 Å². The van der Waals surface area contributed by atoms with E-state index in [4.69, 9.17) is 9.47 Å². The lowest BCUT2D eigenvalue weighted by Gasteiger charge is -2.13. The molecule has 252 valence electrons. The fourth-order valence-corrected chi connectivity index (χ4v) is 5.28. The number of unbranched alkanes of at least 4 members (excludes halogenated alkanes) is 22. The molecule has 0 bridgehead atoms. The van der Waals surface area contributed by atoms with Crippen molar-refractivity contribution in [2.75, 3.05) is 6.61 Å². The summed E-state index contributed by atoms with van der Waals surface area (Å²) in [4.78, 5) is 24.1. The summed E-state index contributed by atoms with van der Waals surface area (Å²) in [5, 5.41) is 0. The summed E-state index contributed by atoms with van der Waals surface area (Å²) in [5.74, 6) is -0.365. The Labute approximate surface area is 268 Å². The van der Waals surface area contributed by atoms with E-state index in [9.17, 15) is 9.59 Å². The number of allylic oxidation sites excluding steroid dienone is 4. The number of rotatable bonds is 33. The van der Waals surface area contributed by atoms with Gasteiger partial charge in [0, 0.05) is 12.8 Å². The maximum absolute atomic E-state index is 12.1. The Hall–Kier alpha value is -1.58. The van der Waals surface area contributed by atoms with Crippen LogP contribution in [0, 0.1) is 0 Å². The minimum atomic E-state index is -0.381. The highest BCUT2D eigenvalue weighted by Crippen LogP contribution is 2.12. The van der Waals surface area contributed by atoms with E-state index in [0.717, 1.165) is 25.7 Å². The van der Waals surface area contributed by atoms with Crippen LogP contribution in [0.15, 0.2) is 24.3 Å². The third kappa shape index (κ3) is 34.8. The normalized spacial score (nSPS) is 12.3. The predicted octanol–water partition coefficient (Wildman–Crippen LogP) is 12.5. The van der Waals surface area contributed by atoms with Crippen molar-refractivity contribution in [1.29, 1.82) is 0 Å². The second-order valence-electron chi connectivity index (χ2n) is 12.7. The van der Waals surface area contributed by atoms with Crippen LogP contribution in [0.1, 0.15) is 201 Å². The first kappa shape index (κ1) is 41.4. The predicted molar refractivity (Wildman–Crippen MR) is 185 cm³/mol. The van der Waals surface area contributed by atoms with Crippen molar-refractivity contribution in [2.24, 2.45) is 0 Å². The quantitative estimate of drug-likeness (QED) is 0.0425. The summed E-state index contributed by atoms with van der Waals surface area (Å²) < 4.78 is 10.7. The Balaban J connectivity index is 3.46. The largest absolute Gasteiger partial charge is 0.462 e. The van der Waals surface area contributed by atoms with Gasteiger partial charge >= 0.3 is 11.9 Å². The van der Waals surface area contributed by atoms with E-state index in [1.165, 1.54) is 141 Å². The van der Waals surface area contributed by atoms with E-state index in [-0.39, 0.29) is 24.6 Å². The van der Waals surface area contributed by atoms with Crippen molar-refractivity contribution in [2.45, 2.75) is 207 Å². The fraction of sp³-hybridized carbons (Fsp3) is 0.846. The molecular formula is C39H72O4. The third-order valence-corrected chi connectivity index (χ3v) is 8.10. The molecule has 43 heavy (non-hydrogen) atoms. The van der Waals surface area contributed by atoms with Gasteiger partial charge in [-0.25, -0.2) is 0 Å². The zero-order chi connectivity index (χ0) is 31.5. The van der Waals surface area contributed by atoms with Crippen LogP contribution in [-0.2, 0) is 19.1 Å². The van der Waals surface area contributed by atoms with Gasteiger partial charge in [0.1, 0.15) is 12.7 Å². The van der Waals surface area contributed by atoms with E-state index in [2.05, 4.69) is 38.2 Å². The first-order valence-corrected chi connectivity index (χ1v) is 18.7. The molecule has 0 saturated heterocycles. The Morgan fingerprint density at radius 2 is 0.791 bits per heavy atom. The van der Waals surface area contributed by atoms with Crippen molar-refractivity contribution >= 4 is 11.9 Å². The minimum absolute atomic E-state index is 0.155. The molecule has 4 heteroatoms. The molecule has 0 aromatic rings. The molecule has 0 heterocycles. The Morgan fingerprint density at radius 3 is 1.19 bits per heavy atom. The van der Waals surface area contributed by atoms with Gasteiger partial charge in [-0.2, -0.15) is 0 Å². The van der Waals surface area contributed by atoms with Crippen LogP contribution in [0.2, 0.25) is 0 Å².